The monoisotopic (exact) mass is 215 g/mol. The molecule has 1 amide bonds. The zero-order valence-electron chi connectivity index (χ0n) is 7.07. The van der Waals surface area contributed by atoms with Gasteiger partial charge in [-0.25, -0.2) is 4.79 Å². The first-order valence-electron chi connectivity index (χ1n) is 3.75. The van der Waals surface area contributed by atoms with E-state index in [0.29, 0.717) is 11.6 Å². The van der Waals surface area contributed by atoms with E-state index in [2.05, 4.69) is 10.1 Å². The van der Waals surface area contributed by atoms with Gasteiger partial charge in [-0.15, -0.1) is 11.3 Å². The number of alkyl carbamates (subject to hydrolysis) is 1. The molecule has 0 aliphatic carbocycles. The Labute approximate surface area is 85.7 Å². The Hall–Kier alpha value is -0.940. The van der Waals surface area contributed by atoms with Gasteiger partial charge in [0.15, 0.2) is 0 Å². The van der Waals surface area contributed by atoms with Crippen molar-refractivity contribution < 1.29 is 9.53 Å². The molecular weight excluding hydrogens is 206 g/mol. The van der Waals surface area contributed by atoms with E-state index in [9.17, 15) is 4.79 Å². The zero-order valence-corrected chi connectivity index (χ0v) is 8.71. The van der Waals surface area contributed by atoms with Crippen LogP contribution >= 0.6 is 23.6 Å². The molecule has 5 heteroatoms. The van der Waals surface area contributed by atoms with Gasteiger partial charge in [-0.1, -0.05) is 18.3 Å². The van der Waals surface area contributed by atoms with E-state index >= 15 is 0 Å². The fourth-order valence-electron chi connectivity index (χ4n) is 0.729. The summed E-state index contributed by atoms with van der Waals surface area (Å²) in [6.07, 6.45) is -0.499. The summed E-state index contributed by atoms with van der Waals surface area (Å²) < 4.78 is 4.68. The number of rotatable bonds is 2. The van der Waals surface area contributed by atoms with Gasteiger partial charge >= 0.3 is 6.09 Å². The third-order valence-electron chi connectivity index (χ3n) is 1.24. The molecule has 3 nitrogen and oxygen atoms in total. The van der Waals surface area contributed by atoms with Crippen molar-refractivity contribution in [1.29, 1.82) is 0 Å². The van der Waals surface area contributed by atoms with Gasteiger partial charge < -0.3 is 4.74 Å². The number of hydrogen-bond acceptors (Lipinski definition) is 4. The van der Waals surface area contributed by atoms with Crippen LogP contribution in [0.1, 0.15) is 11.8 Å². The normalized spacial score (nSPS) is 9.31. The van der Waals surface area contributed by atoms with Crippen molar-refractivity contribution in [3.8, 4) is 0 Å². The molecule has 0 unspecified atom stereocenters. The number of thiophene rings is 1. The molecule has 0 saturated carbocycles. The van der Waals surface area contributed by atoms with Crippen molar-refractivity contribution in [3.05, 3.63) is 22.4 Å². The van der Waals surface area contributed by atoms with Gasteiger partial charge in [-0.2, -0.15) is 0 Å². The first-order chi connectivity index (χ1) is 6.24. The van der Waals surface area contributed by atoms with Gasteiger partial charge in [-0.3, -0.25) is 5.32 Å². The van der Waals surface area contributed by atoms with Crippen molar-refractivity contribution in [1.82, 2.24) is 5.32 Å². The third kappa shape index (κ3) is 3.12. The first kappa shape index (κ1) is 10.1. The van der Waals surface area contributed by atoms with Crippen molar-refractivity contribution in [2.45, 2.75) is 6.92 Å². The number of amides is 1. The van der Waals surface area contributed by atoms with E-state index in [1.165, 1.54) is 11.3 Å². The highest BCUT2D eigenvalue weighted by molar-refractivity contribution is 7.81. The van der Waals surface area contributed by atoms with E-state index in [-0.39, 0.29) is 0 Å². The maximum Gasteiger partial charge on any atom is 0.412 e. The minimum atomic E-state index is -0.499. The molecule has 70 valence electrons. The van der Waals surface area contributed by atoms with Crippen LogP contribution in [-0.4, -0.2) is 17.7 Å². The zero-order chi connectivity index (χ0) is 9.68. The Morgan fingerprint density at radius 3 is 3.08 bits per heavy atom. The number of carbonyl (C=O) groups excluding carboxylic acids is 1. The van der Waals surface area contributed by atoms with Crippen molar-refractivity contribution in [2.75, 3.05) is 6.61 Å². The molecule has 1 rings (SSSR count). The molecule has 0 aliphatic rings. The Morgan fingerprint density at radius 2 is 2.54 bits per heavy atom. The Bertz CT molecular complexity index is 295. The van der Waals surface area contributed by atoms with E-state index in [4.69, 9.17) is 12.2 Å². The minimum Gasteiger partial charge on any atom is -0.450 e. The van der Waals surface area contributed by atoms with Crippen LogP contribution in [0.2, 0.25) is 0 Å². The van der Waals surface area contributed by atoms with Gasteiger partial charge in [-0.05, 0) is 18.4 Å². The van der Waals surface area contributed by atoms with Crippen molar-refractivity contribution >= 4 is 34.6 Å². The van der Waals surface area contributed by atoms with Crippen LogP contribution < -0.4 is 5.32 Å². The summed E-state index contributed by atoms with van der Waals surface area (Å²) in [6, 6.07) is 3.72. The highest BCUT2D eigenvalue weighted by atomic mass is 32.1. The van der Waals surface area contributed by atoms with Gasteiger partial charge in [0.1, 0.15) is 4.99 Å². The van der Waals surface area contributed by atoms with Crippen LogP contribution in [-0.2, 0) is 4.74 Å². The number of hydrogen-bond donors (Lipinski definition) is 1. The molecule has 0 saturated heterocycles. The maximum atomic E-state index is 10.9. The van der Waals surface area contributed by atoms with Crippen LogP contribution in [0.25, 0.3) is 0 Å². The molecule has 0 spiro atoms. The molecule has 0 bridgehead atoms. The predicted molar refractivity (Wildman–Crippen MR) is 56.2 cm³/mol. The van der Waals surface area contributed by atoms with Crippen LogP contribution in [0.3, 0.4) is 0 Å². The number of ether oxygens (including phenoxy) is 1. The Balaban J connectivity index is 2.47. The lowest BCUT2D eigenvalue weighted by Gasteiger charge is -2.03. The van der Waals surface area contributed by atoms with Crippen LogP contribution in [0, 0.1) is 0 Å². The maximum absolute atomic E-state index is 10.9. The lowest BCUT2D eigenvalue weighted by molar-refractivity contribution is 0.158. The molecule has 0 aromatic carbocycles. The quantitative estimate of drug-likeness (QED) is 0.768. The average Bonchev–Trinajstić information content (AvgIpc) is 2.55. The molecule has 1 heterocycles. The number of thiocarbonyl (C=S) groups is 1. The molecular formula is C8H9NO2S2. The van der Waals surface area contributed by atoms with E-state index in [1.54, 1.807) is 6.92 Å². The highest BCUT2D eigenvalue weighted by Crippen LogP contribution is 2.08. The van der Waals surface area contributed by atoms with Crippen LogP contribution in [0.5, 0.6) is 0 Å². The van der Waals surface area contributed by atoms with Crippen LogP contribution in [0.15, 0.2) is 17.5 Å². The topological polar surface area (TPSA) is 38.3 Å². The highest BCUT2D eigenvalue weighted by Gasteiger charge is 2.06. The standard InChI is InChI=1S/C8H9NO2S2/c1-2-11-8(10)9-7(12)6-4-3-5-13-6/h3-5H,2H2,1H3,(H,9,10,12). The summed E-state index contributed by atoms with van der Waals surface area (Å²) in [6.45, 7) is 2.09. The summed E-state index contributed by atoms with van der Waals surface area (Å²) in [5.74, 6) is 0. The average molecular weight is 215 g/mol. The van der Waals surface area contributed by atoms with Gasteiger partial charge in [0, 0.05) is 0 Å². The fourth-order valence-corrected chi connectivity index (χ4v) is 1.64. The molecule has 13 heavy (non-hydrogen) atoms. The van der Waals surface area contributed by atoms with Gasteiger partial charge in [0.05, 0.1) is 11.5 Å². The van der Waals surface area contributed by atoms with Crippen molar-refractivity contribution in [3.63, 3.8) is 0 Å². The summed E-state index contributed by atoms with van der Waals surface area (Å²) >= 11 is 6.44. The molecule has 0 aliphatic heterocycles. The molecule has 0 atom stereocenters. The predicted octanol–water partition coefficient (Wildman–Crippen LogP) is 2.17. The van der Waals surface area contributed by atoms with E-state index in [0.717, 1.165) is 4.88 Å². The summed E-state index contributed by atoms with van der Waals surface area (Å²) in [4.78, 5) is 12.2. The summed E-state index contributed by atoms with van der Waals surface area (Å²) in [5, 5.41) is 4.36. The molecule has 0 fully saturated rings. The molecule has 0 radical (unpaired) electrons. The second-order valence-electron chi connectivity index (χ2n) is 2.15. The molecule has 1 aromatic rings. The minimum absolute atomic E-state index is 0.346. The molecule has 1 N–H and O–H groups in total. The van der Waals surface area contributed by atoms with E-state index < -0.39 is 6.09 Å². The third-order valence-corrected chi connectivity index (χ3v) is 2.57. The van der Waals surface area contributed by atoms with Crippen LogP contribution in [0.4, 0.5) is 4.79 Å². The van der Waals surface area contributed by atoms with Gasteiger partial charge in [0.25, 0.3) is 0 Å². The largest absolute Gasteiger partial charge is 0.450 e. The smallest absolute Gasteiger partial charge is 0.412 e. The fraction of sp³-hybridized carbons (Fsp3) is 0.250. The number of nitrogens with one attached hydrogen (secondary N) is 1. The number of carbonyl (C=O) groups is 1. The second kappa shape index (κ2) is 4.94. The lowest BCUT2D eigenvalue weighted by atomic mass is 10.5. The lowest BCUT2D eigenvalue weighted by Crippen LogP contribution is -2.29. The second-order valence-corrected chi connectivity index (χ2v) is 3.51. The summed E-state index contributed by atoms with van der Waals surface area (Å²) in [7, 11) is 0. The molecule has 1 aromatic heterocycles. The van der Waals surface area contributed by atoms with Crippen molar-refractivity contribution in [2.24, 2.45) is 0 Å². The Kier molecular flexibility index (Phi) is 3.85. The SMILES string of the molecule is CCOC(=O)NC(=S)c1cccs1. The summed E-state index contributed by atoms with van der Waals surface area (Å²) in [5.41, 5.74) is 0. The van der Waals surface area contributed by atoms with Gasteiger partial charge in [0.2, 0.25) is 0 Å². The first-order valence-corrected chi connectivity index (χ1v) is 5.04. The Morgan fingerprint density at radius 1 is 1.77 bits per heavy atom. The van der Waals surface area contributed by atoms with E-state index in [1.807, 2.05) is 17.5 Å².